The molecule has 1 unspecified atom stereocenters. The van der Waals surface area contributed by atoms with Crippen LogP contribution in [-0.4, -0.2) is 62.9 Å². The third kappa shape index (κ3) is 7.50. The van der Waals surface area contributed by atoms with Crippen LogP contribution in [0.15, 0.2) is 0 Å². The Morgan fingerprint density at radius 1 is 1.37 bits per heavy atom. The summed E-state index contributed by atoms with van der Waals surface area (Å²) in [4.78, 5) is 14.1. The van der Waals surface area contributed by atoms with Crippen molar-refractivity contribution in [3.8, 4) is 0 Å². The van der Waals surface area contributed by atoms with Gasteiger partial charge in [0.15, 0.2) is 0 Å². The van der Waals surface area contributed by atoms with E-state index in [9.17, 15) is 4.79 Å². The molecule has 0 aromatic rings. The second kappa shape index (κ2) is 9.28. The second-order valence-corrected chi connectivity index (χ2v) is 5.37. The van der Waals surface area contributed by atoms with Crippen LogP contribution in [0.2, 0.25) is 0 Å². The summed E-state index contributed by atoms with van der Waals surface area (Å²) in [5.74, 6) is -0.209. The molecule has 0 heterocycles. The van der Waals surface area contributed by atoms with Gasteiger partial charge in [0.2, 0.25) is 0 Å². The Morgan fingerprint density at radius 3 is 2.47 bits per heavy atom. The normalized spacial score (nSPS) is 14.7. The van der Waals surface area contributed by atoms with Gasteiger partial charge in [-0.1, -0.05) is 0 Å². The highest BCUT2D eigenvalue weighted by atomic mass is 16.5. The fourth-order valence-corrected chi connectivity index (χ4v) is 1.99. The first-order valence-corrected chi connectivity index (χ1v) is 6.98. The number of hydrogen-bond donors (Lipinski definition) is 1. The second-order valence-electron chi connectivity index (χ2n) is 5.37. The SMILES string of the molecule is CCOCCN(C)CCC(C)(NC(C)C)C(=O)OC. The van der Waals surface area contributed by atoms with Gasteiger partial charge in [-0.15, -0.1) is 0 Å². The molecule has 0 aliphatic carbocycles. The molecule has 0 saturated heterocycles. The van der Waals surface area contributed by atoms with Crippen molar-refractivity contribution in [2.45, 2.75) is 45.7 Å². The molecule has 5 heteroatoms. The van der Waals surface area contributed by atoms with Crippen LogP contribution in [0.25, 0.3) is 0 Å². The van der Waals surface area contributed by atoms with Crippen LogP contribution in [0.4, 0.5) is 0 Å². The molecule has 0 rings (SSSR count). The fourth-order valence-electron chi connectivity index (χ4n) is 1.99. The Balaban J connectivity index is 4.29. The highest BCUT2D eigenvalue weighted by Gasteiger charge is 2.34. The van der Waals surface area contributed by atoms with E-state index in [0.717, 1.165) is 26.3 Å². The fraction of sp³-hybridized carbons (Fsp3) is 0.929. The Bertz CT molecular complexity index is 259. The zero-order chi connectivity index (χ0) is 14.9. The third-order valence-corrected chi connectivity index (χ3v) is 3.06. The molecule has 0 bridgehead atoms. The van der Waals surface area contributed by atoms with Crippen LogP contribution in [0, 0.1) is 0 Å². The lowest BCUT2D eigenvalue weighted by molar-refractivity contribution is -0.148. The summed E-state index contributed by atoms with van der Waals surface area (Å²) in [5, 5.41) is 3.30. The van der Waals surface area contributed by atoms with Crippen molar-refractivity contribution in [3.05, 3.63) is 0 Å². The molecule has 1 atom stereocenters. The standard InChI is InChI=1S/C14H30N2O3/c1-7-19-11-10-16(5)9-8-14(4,13(17)18-6)15-12(2)3/h12,15H,7-11H2,1-6H3. The molecule has 1 N–H and O–H groups in total. The first kappa shape index (κ1) is 18.4. The van der Waals surface area contributed by atoms with Gasteiger partial charge >= 0.3 is 5.97 Å². The van der Waals surface area contributed by atoms with E-state index in [0.29, 0.717) is 6.42 Å². The smallest absolute Gasteiger partial charge is 0.325 e. The van der Waals surface area contributed by atoms with Crippen molar-refractivity contribution in [1.29, 1.82) is 0 Å². The number of carbonyl (C=O) groups excluding carboxylic acids is 1. The topological polar surface area (TPSA) is 50.8 Å². The predicted molar refractivity (Wildman–Crippen MR) is 77.3 cm³/mol. The third-order valence-electron chi connectivity index (χ3n) is 3.06. The summed E-state index contributed by atoms with van der Waals surface area (Å²) in [5.41, 5.74) is -0.636. The van der Waals surface area contributed by atoms with Crippen LogP contribution in [0.3, 0.4) is 0 Å². The first-order valence-electron chi connectivity index (χ1n) is 6.98. The highest BCUT2D eigenvalue weighted by molar-refractivity contribution is 5.80. The number of nitrogens with zero attached hydrogens (tertiary/aromatic N) is 1. The molecule has 0 spiro atoms. The van der Waals surface area contributed by atoms with Gasteiger partial charge in [0, 0.05) is 25.7 Å². The molecule has 0 aliphatic rings. The van der Waals surface area contributed by atoms with E-state index in [2.05, 4.69) is 10.2 Å². The zero-order valence-electron chi connectivity index (χ0n) is 13.3. The molecule has 5 nitrogen and oxygen atoms in total. The quantitative estimate of drug-likeness (QED) is 0.480. The average Bonchev–Trinajstić information content (AvgIpc) is 2.35. The summed E-state index contributed by atoms with van der Waals surface area (Å²) in [7, 11) is 3.47. The molecule has 0 saturated carbocycles. The Morgan fingerprint density at radius 2 is 2.00 bits per heavy atom. The van der Waals surface area contributed by atoms with Crippen LogP contribution in [0.1, 0.15) is 34.1 Å². The zero-order valence-corrected chi connectivity index (χ0v) is 13.3. The molecule has 0 aromatic heterocycles. The van der Waals surface area contributed by atoms with E-state index in [1.165, 1.54) is 7.11 Å². The van der Waals surface area contributed by atoms with Crippen molar-refractivity contribution < 1.29 is 14.3 Å². The summed E-state index contributed by atoms with van der Waals surface area (Å²) in [6.07, 6.45) is 0.709. The predicted octanol–water partition coefficient (Wildman–Crippen LogP) is 1.27. The van der Waals surface area contributed by atoms with Gasteiger partial charge in [0.05, 0.1) is 13.7 Å². The monoisotopic (exact) mass is 274 g/mol. The van der Waals surface area contributed by atoms with Crippen molar-refractivity contribution in [2.24, 2.45) is 0 Å². The maximum atomic E-state index is 11.9. The van der Waals surface area contributed by atoms with Gasteiger partial charge in [-0.3, -0.25) is 10.1 Å². The first-order chi connectivity index (χ1) is 8.85. The van der Waals surface area contributed by atoms with E-state index in [-0.39, 0.29) is 12.0 Å². The largest absolute Gasteiger partial charge is 0.468 e. The summed E-state index contributed by atoms with van der Waals surface area (Å²) in [6.45, 7) is 11.1. The number of nitrogens with one attached hydrogen (secondary N) is 1. The highest BCUT2D eigenvalue weighted by Crippen LogP contribution is 2.13. The Labute approximate surface area is 117 Å². The van der Waals surface area contributed by atoms with E-state index >= 15 is 0 Å². The van der Waals surface area contributed by atoms with Gasteiger partial charge in [-0.05, 0) is 41.2 Å². The molecule has 0 amide bonds. The lowest BCUT2D eigenvalue weighted by Crippen LogP contribution is -2.54. The maximum Gasteiger partial charge on any atom is 0.325 e. The number of rotatable bonds is 10. The van der Waals surface area contributed by atoms with Crippen LogP contribution >= 0.6 is 0 Å². The molecule has 0 fully saturated rings. The number of hydrogen-bond acceptors (Lipinski definition) is 5. The summed E-state index contributed by atoms with van der Waals surface area (Å²) >= 11 is 0. The lowest BCUT2D eigenvalue weighted by atomic mass is 9.96. The van der Waals surface area contributed by atoms with Crippen LogP contribution in [0.5, 0.6) is 0 Å². The van der Waals surface area contributed by atoms with Crippen molar-refractivity contribution in [1.82, 2.24) is 10.2 Å². The number of carbonyl (C=O) groups is 1. The number of likely N-dealkylation sites (N-methyl/N-ethyl adjacent to an activating group) is 1. The van der Waals surface area contributed by atoms with Gasteiger partial charge in [0.1, 0.15) is 5.54 Å². The number of ether oxygens (including phenoxy) is 2. The number of esters is 1. The van der Waals surface area contributed by atoms with E-state index < -0.39 is 5.54 Å². The number of methoxy groups -OCH3 is 1. The minimum atomic E-state index is -0.636. The summed E-state index contributed by atoms with van der Waals surface area (Å²) < 4.78 is 10.2. The molecule has 114 valence electrons. The Hall–Kier alpha value is -0.650. The van der Waals surface area contributed by atoms with Gasteiger partial charge in [0.25, 0.3) is 0 Å². The molecule has 0 radical (unpaired) electrons. The summed E-state index contributed by atoms with van der Waals surface area (Å²) in [6, 6.07) is 0.234. The lowest BCUT2D eigenvalue weighted by Gasteiger charge is -2.31. The van der Waals surface area contributed by atoms with Gasteiger partial charge < -0.3 is 14.4 Å². The van der Waals surface area contributed by atoms with E-state index in [4.69, 9.17) is 9.47 Å². The van der Waals surface area contributed by atoms with Crippen molar-refractivity contribution in [2.75, 3.05) is 40.5 Å². The van der Waals surface area contributed by atoms with E-state index in [1.807, 2.05) is 34.7 Å². The van der Waals surface area contributed by atoms with Gasteiger partial charge in [-0.2, -0.15) is 0 Å². The molecule has 19 heavy (non-hydrogen) atoms. The van der Waals surface area contributed by atoms with Crippen molar-refractivity contribution >= 4 is 5.97 Å². The minimum Gasteiger partial charge on any atom is -0.468 e. The van der Waals surface area contributed by atoms with E-state index in [1.54, 1.807) is 0 Å². The molecular formula is C14H30N2O3. The van der Waals surface area contributed by atoms with Gasteiger partial charge in [-0.25, -0.2) is 0 Å². The molecule has 0 aromatic carbocycles. The molecule has 0 aliphatic heterocycles. The van der Waals surface area contributed by atoms with Crippen molar-refractivity contribution in [3.63, 3.8) is 0 Å². The molecular weight excluding hydrogens is 244 g/mol. The Kier molecular flexibility index (Phi) is 8.97. The van der Waals surface area contributed by atoms with Crippen LogP contribution in [-0.2, 0) is 14.3 Å². The maximum absolute atomic E-state index is 11.9. The minimum absolute atomic E-state index is 0.209. The van der Waals surface area contributed by atoms with Crippen LogP contribution < -0.4 is 5.32 Å². The average molecular weight is 274 g/mol.